The van der Waals surface area contributed by atoms with Gasteiger partial charge in [-0.05, 0) is 32.0 Å². The number of fused-ring (bicyclic) bond motifs is 1. The van der Waals surface area contributed by atoms with E-state index >= 15 is 0 Å². The van der Waals surface area contributed by atoms with Crippen LogP contribution in [-0.2, 0) is 9.59 Å². The largest absolute Gasteiger partial charge is 0.312 e. The lowest BCUT2D eigenvalue weighted by molar-refractivity contribution is -0.122. The zero-order valence-electron chi connectivity index (χ0n) is 15.6. The Bertz CT molecular complexity index is 1120. The van der Waals surface area contributed by atoms with Crippen molar-refractivity contribution < 1.29 is 14.4 Å². The van der Waals surface area contributed by atoms with Crippen LogP contribution in [0.4, 0.5) is 10.8 Å². The number of nitrogens with zero attached hydrogens (tertiary/aromatic N) is 3. The summed E-state index contributed by atoms with van der Waals surface area (Å²) in [4.78, 5) is 47.6. The Kier molecular flexibility index (Phi) is 4.72. The Labute approximate surface area is 169 Å². The van der Waals surface area contributed by atoms with Crippen LogP contribution in [0.3, 0.4) is 0 Å². The Hall–Kier alpha value is -2.65. The molecule has 0 radical (unpaired) electrons. The van der Waals surface area contributed by atoms with Crippen LogP contribution < -0.4 is 10.2 Å². The average Bonchev–Trinajstić information content (AvgIpc) is 3.29. The predicted octanol–water partition coefficient (Wildman–Crippen LogP) is 3.56. The molecular formula is C19H18N4O3S2. The first-order valence-electron chi connectivity index (χ1n) is 8.78. The van der Waals surface area contributed by atoms with E-state index in [1.807, 2.05) is 25.1 Å². The molecule has 1 fully saturated rings. The molecule has 4 rings (SSSR count). The van der Waals surface area contributed by atoms with Gasteiger partial charge in [-0.2, -0.15) is 0 Å². The summed E-state index contributed by atoms with van der Waals surface area (Å²) in [6, 6.07) is 5.74. The van der Waals surface area contributed by atoms with Crippen molar-refractivity contribution in [2.24, 2.45) is 5.92 Å². The molecule has 1 aliphatic rings. The van der Waals surface area contributed by atoms with E-state index in [2.05, 4.69) is 15.3 Å². The smallest absolute Gasteiger partial charge is 0.231 e. The van der Waals surface area contributed by atoms with Crippen LogP contribution in [0.2, 0.25) is 0 Å². The van der Waals surface area contributed by atoms with Gasteiger partial charge in [0.05, 0.1) is 31.7 Å². The molecule has 3 heterocycles. The second-order valence-corrected chi connectivity index (χ2v) is 9.00. The highest BCUT2D eigenvalue weighted by atomic mass is 32.1. The van der Waals surface area contributed by atoms with Crippen molar-refractivity contribution in [1.82, 2.24) is 9.97 Å². The Balaban J connectivity index is 1.49. The summed E-state index contributed by atoms with van der Waals surface area (Å²) in [5, 5.41) is 4.11. The number of ketones is 1. The standard InChI is InChI=1S/C19H18N4O3S2/c1-9-17(10(2)24)28-19(20-9)22-18(26)12-6-16(25)23(8-12)13-4-5-15-14(7-13)21-11(3)27-15/h4-5,7,12H,6,8H2,1-3H3,(H,20,22,26). The minimum atomic E-state index is -0.467. The summed E-state index contributed by atoms with van der Waals surface area (Å²) in [5.41, 5.74) is 2.21. The normalized spacial score (nSPS) is 16.8. The fourth-order valence-electron chi connectivity index (χ4n) is 3.32. The van der Waals surface area contributed by atoms with E-state index in [1.165, 1.54) is 6.92 Å². The third-order valence-electron chi connectivity index (χ3n) is 4.63. The van der Waals surface area contributed by atoms with E-state index in [1.54, 1.807) is 23.2 Å². The molecule has 1 aromatic carbocycles. The van der Waals surface area contributed by atoms with Crippen LogP contribution in [0, 0.1) is 19.8 Å². The van der Waals surface area contributed by atoms with E-state index in [4.69, 9.17) is 0 Å². The number of benzene rings is 1. The van der Waals surface area contributed by atoms with Crippen molar-refractivity contribution in [2.45, 2.75) is 27.2 Å². The summed E-state index contributed by atoms with van der Waals surface area (Å²) in [6.07, 6.45) is 0.143. The van der Waals surface area contributed by atoms with Crippen LogP contribution in [0.25, 0.3) is 10.2 Å². The zero-order valence-corrected chi connectivity index (χ0v) is 17.2. The molecule has 1 atom stereocenters. The molecule has 0 spiro atoms. The van der Waals surface area contributed by atoms with Gasteiger partial charge in [-0.3, -0.25) is 14.4 Å². The first-order valence-corrected chi connectivity index (χ1v) is 10.4. The van der Waals surface area contributed by atoms with Crippen LogP contribution in [0.1, 0.15) is 33.7 Å². The van der Waals surface area contributed by atoms with Crippen LogP contribution in [0.5, 0.6) is 0 Å². The molecule has 28 heavy (non-hydrogen) atoms. The number of anilines is 2. The first kappa shape index (κ1) is 18.7. The van der Waals surface area contributed by atoms with E-state index in [-0.39, 0.29) is 24.0 Å². The van der Waals surface area contributed by atoms with Gasteiger partial charge in [0.15, 0.2) is 10.9 Å². The molecule has 1 aliphatic heterocycles. The molecule has 0 bridgehead atoms. The second-order valence-electron chi connectivity index (χ2n) is 6.77. The maximum absolute atomic E-state index is 12.6. The van der Waals surface area contributed by atoms with Crippen molar-refractivity contribution in [3.8, 4) is 0 Å². The number of carbonyl (C=O) groups is 3. The average molecular weight is 415 g/mol. The first-order chi connectivity index (χ1) is 13.3. The van der Waals surface area contributed by atoms with E-state index in [9.17, 15) is 14.4 Å². The maximum atomic E-state index is 12.6. The molecule has 144 valence electrons. The van der Waals surface area contributed by atoms with Gasteiger partial charge in [-0.25, -0.2) is 9.97 Å². The molecule has 7 nitrogen and oxygen atoms in total. The van der Waals surface area contributed by atoms with Gasteiger partial charge in [0.2, 0.25) is 11.8 Å². The molecule has 0 aliphatic carbocycles. The summed E-state index contributed by atoms with van der Waals surface area (Å²) < 4.78 is 1.07. The van der Waals surface area contributed by atoms with E-state index in [0.717, 1.165) is 32.2 Å². The number of amides is 2. The lowest BCUT2D eigenvalue weighted by atomic mass is 10.1. The lowest BCUT2D eigenvalue weighted by Gasteiger charge is -2.16. The van der Waals surface area contributed by atoms with Gasteiger partial charge >= 0.3 is 0 Å². The number of nitrogens with one attached hydrogen (secondary N) is 1. The Morgan fingerprint density at radius 1 is 1.21 bits per heavy atom. The maximum Gasteiger partial charge on any atom is 0.231 e. The number of Topliss-reactive ketones (excluding diaryl/α,β-unsaturated/α-hetero) is 1. The number of carbonyl (C=O) groups excluding carboxylic acids is 3. The predicted molar refractivity (Wildman–Crippen MR) is 110 cm³/mol. The zero-order chi connectivity index (χ0) is 20.0. The highest BCUT2D eigenvalue weighted by molar-refractivity contribution is 7.18. The number of thiazole rings is 2. The topological polar surface area (TPSA) is 92.3 Å². The van der Waals surface area contributed by atoms with Crippen molar-refractivity contribution >= 4 is 61.3 Å². The number of aromatic nitrogens is 2. The summed E-state index contributed by atoms with van der Waals surface area (Å²) >= 11 is 2.77. The fraction of sp³-hybridized carbons (Fsp3) is 0.316. The molecule has 3 aromatic rings. The fourth-order valence-corrected chi connectivity index (χ4v) is 4.99. The second kappa shape index (κ2) is 7.06. The monoisotopic (exact) mass is 414 g/mol. The lowest BCUT2D eigenvalue weighted by Crippen LogP contribution is -2.28. The van der Waals surface area contributed by atoms with E-state index in [0.29, 0.717) is 22.2 Å². The quantitative estimate of drug-likeness (QED) is 0.659. The number of hydrogen-bond acceptors (Lipinski definition) is 7. The molecule has 2 amide bonds. The van der Waals surface area contributed by atoms with Crippen molar-refractivity contribution in [3.05, 3.63) is 33.8 Å². The van der Waals surface area contributed by atoms with Gasteiger partial charge in [0, 0.05) is 25.6 Å². The molecule has 9 heteroatoms. The summed E-state index contributed by atoms with van der Waals surface area (Å²) in [5.74, 6) is -0.896. The minimum Gasteiger partial charge on any atom is -0.312 e. The SMILES string of the molecule is CC(=O)c1sc(NC(=O)C2CC(=O)N(c3ccc4sc(C)nc4c3)C2)nc1C. The van der Waals surface area contributed by atoms with Gasteiger partial charge in [-0.1, -0.05) is 11.3 Å². The summed E-state index contributed by atoms with van der Waals surface area (Å²) in [7, 11) is 0. The minimum absolute atomic E-state index is 0.0783. The number of rotatable bonds is 4. The molecule has 1 saturated heterocycles. The number of aryl methyl sites for hydroxylation is 2. The molecule has 1 unspecified atom stereocenters. The molecule has 2 aromatic heterocycles. The van der Waals surface area contributed by atoms with Crippen molar-refractivity contribution in [3.63, 3.8) is 0 Å². The Morgan fingerprint density at radius 3 is 2.71 bits per heavy atom. The van der Waals surface area contributed by atoms with Crippen LogP contribution >= 0.6 is 22.7 Å². The molecule has 1 N–H and O–H groups in total. The van der Waals surface area contributed by atoms with Gasteiger partial charge in [-0.15, -0.1) is 11.3 Å². The molecule has 0 saturated carbocycles. The van der Waals surface area contributed by atoms with Gasteiger partial charge < -0.3 is 10.2 Å². The third-order valence-corrected chi connectivity index (χ3v) is 6.76. The summed E-state index contributed by atoms with van der Waals surface area (Å²) in [6.45, 7) is 5.47. The van der Waals surface area contributed by atoms with Crippen LogP contribution in [0.15, 0.2) is 18.2 Å². The number of hydrogen-bond donors (Lipinski definition) is 1. The highest BCUT2D eigenvalue weighted by Crippen LogP contribution is 2.31. The van der Waals surface area contributed by atoms with Crippen molar-refractivity contribution in [1.29, 1.82) is 0 Å². The Morgan fingerprint density at radius 2 is 2.00 bits per heavy atom. The van der Waals surface area contributed by atoms with E-state index < -0.39 is 5.92 Å². The van der Waals surface area contributed by atoms with Crippen molar-refractivity contribution in [2.75, 3.05) is 16.8 Å². The molecular weight excluding hydrogens is 396 g/mol. The van der Waals surface area contributed by atoms with Gasteiger partial charge in [0.25, 0.3) is 0 Å². The highest BCUT2D eigenvalue weighted by Gasteiger charge is 2.35. The third kappa shape index (κ3) is 3.43. The van der Waals surface area contributed by atoms with Crippen LogP contribution in [-0.4, -0.2) is 34.1 Å². The van der Waals surface area contributed by atoms with Gasteiger partial charge in [0.1, 0.15) is 0 Å².